The van der Waals surface area contributed by atoms with Crippen molar-refractivity contribution in [1.82, 2.24) is 0 Å². The van der Waals surface area contributed by atoms with Gasteiger partial charge in [-0.15, -0.1) is 23.1 Å². The van der Waals surface area contributed by atoms with Crippen LogP contribution in [-0.4, -0.2) is 6.26 Å². The maximum atomic E-state index is 13.0. The van der Waals surface area contributed by atoms with Crippen molar-refractivity contribution < 1.29 is 4.39 Å². The molecule has 1 aromatic heterocycles. The first-order chi connectivity index (χ1) is 6.20. The molecule has 13 heavy (non-hydrogen) atoms. The summed E-state index contributed by atoms with van der Waals surface area (Å²) in [7, 11) is 0. The Labute approximate surface area is 97.7 Å². The minimum Gasteiger partial charge on any atom is -0.195 e. The Morgan fingerprint density at radius 1 is 1.38 bits per heavy atom. The summed E-state index contributed by atoms with van der Waals surface area (Å²) >= 11 is 5.14. The van der Waals surface area contributed by atoms with Crippen molar-refractivity contribution in [3.8, 4) is 0 Å². The number of thioether (sulfide) groups is 1. The number of rotatable bonds is 1. The van der Waals surface area contributed by atoms with Crippen LogP contribution in [-0.2, 0) is 0 Å². The fourth-order valence-corrected chi connectivity index (χ4v) is 3.76. The maximum absolute atomic E-state index is 13.0. The van der Waals surface area contributed by atoms with Crippen molar-refractivity contribution in [2.45, 2.75) is 4.90 Å². The molecule has 0 bridgehead atoms. The van der Waals surface area contributed by atoms with Crippen LogP contribution in [0, 0.1) is 8.70 Å². The lowest BCUT2D eigenvalue weighted by molar-refractivity contribution is 0.658. The highest BCUT2D eigenvalue weighted by molar-refractivity contribution is 14.1. The molecule has 0 atom stereocenters. The van der Waals surface area contributed by atoms with Crippen molar-refractivity contribution in [2.75, 3.05) is 6.26 Å². The van der Waals surface area contributed by atoms with Gasteiger partial charge in [0.2, 0.25) is 0 Å². The van der Waals surface area contributed by atoms with Crippen molar-refractivity contribution in [1.29, 1.82) is 0 Å². The highest BCUT2D eigenvalue weighted by atomic mass is 127. The summed E-state index contributed by atoms with van der Waals surface area (Å²) in [5.74, 6) is 0. The Balaban J connectivity index is 2.80. The standard InChI is InChI=1S/C9H6FIS2/c1-12-7-4-6(11)2-5-3-8(10)13-9(5)7/h2-4H,1H3. The zero-order valence-electron chi connectivity index (χ0n) is 6.80. The van der Waals surface area contributed by atoms with E-state index < -0.39 is 0 Å². The molecule has 0 aliphatic carbocycles. The van der Waals surface area contributed by atoms with Crippen molar-refractivity contribution in [3.63, 3.8) is 0 Å². The third-order valence-electron chi connectivity index (χ3n) is 1.74. The number of benzene rings is 1. The van der Waals surface area contributed by atoms with Gasteiger partial charge in [0.25, 0.3) is 0 Å². The normalized spacial score (nSPS) is 11.0. The van der Waals surface area contributed by atoms with Crippen LogP contribution in [0.1, 0.15) is 0 Å². The average Bonchev–Trinajstić information content (AvgIpc) is 2.43. The molecule has 2 aromatic rings. The second kappa shape index (κ2) is 3.74. The van der Waals surface area contributed by atoms with E-state index in [0.717, 1.165) is 18.6 Å². The van der Waals surface area contributed by atoms with Crippen molar-refractivity contribution in [2.24, 2.45) is 0 Å². The molecule has 0 saturated heterocycles. The minimum absolute atomic E-state index is 0.104. The fourth-order valence-electron chi connectivity index (χ4n) is 1.21. The van der Waals surface area contributed by atoms with Gasteiger partial charge in [-0.25, -0.2) is 0 Å². The highest BCUT2D eigenvalue weighted by Crippen LogP contribution is 2.34. The fraction of sp³-hybridized carbons (Fsp3) is 0.111. The molecule has 1 heterocycles. The zero-order chi connectivity index (χ0) is 9.42. The Kier molecular flexibility index (Phi) is 2.80. The molecule has 0 spiro atoms. The minimum atomic E-state index is -0.104. The Hall–Kier alpha value is 0.190. The summed E-state index contributed by atoms with van der Waals surface area (Å²) in [5, 5.41) is 0.908. The van der Waals surface area contributed by atoms with Crippen molar-refractivity contribution >= 4 is 55.8 Å². The molecule has 1 aromatic carbocycles. The van der Waals surface area contributed by atoms with Crippen LogP contribution in [0.2, 0.25) is 0 Å². The van der Waals surface area contributed by atoms with Gasteiger partial charge in [-0.1, -0.05) is 0 Å². The summed E-state index contributed by atoms with van der Waals surface area (Å²) in [6.45, 7) is 0. The lowest BCUT2D eigenvalue weighted by Crippen LogP contribution is -1.74. The van der Waals surface area contributed by atoms with Gasteiger partial charge in [-0.05, 0) is 52.4 Å². The van der Waals surface area contributed by atoms with E-state index in [1.807, 2.05) is 12.3 Å². The van der Waals surface area contributed by atoms with Gasteiger partial charge in [0.1, 0.15) is 0 Å². The number of halogens is 2. The van der Waals surface area contributed by atoms with Crippen LogP contribution < -0.4 is 0 Å². The van der Waals surface area contributed by atoms with Gasteiger partial charge >= 0.3 is 0 Å². The predicted molar refractivity (Wildman–Crippen MR) is 66.3 cm³/mol. The lowest BCUT2D eigenvalue weighted by atomic mass is 10.3. The van der Waals surface area contributed by atoms with E-state index >= 15 is 0 Å². The average molecular weight is 324 g/mol. The van der Waals surface area contributed by atoms with Gasteiger partial charge in [-0.3, -0.25) is 0 Å². The Morgan fingerprint density at radius 3 is 2.85 bits per heavy atom. The monoisotopic (exact) mass is 324 g/mol. The molecule has 0 aliphatic heterocycles. The van der Waals surface area contributed by atoms with Crippen LogP contribution in [0.3, 0.4) is 0 Å². The first-order valence-electron chi connectivity index (χ1n) is 3.63. The molecule has 0 unspecified atom stereocenters. The van der Waals surface area contributed by atoms with E-state index in [1.165, 1.54) is 11.3 Å². The molecule has 68 valence electrons. The van der Waals surface area contributed by atoms with Gasteiger partial charge in [0, 0.05) is 8.47 Å². The van der Waals surface area contributed by atoms with E-state index in [1.54, 1.807) is 17.8 Å². The molecule has 2 rings (SSSR count). The number of hydrogen-bond donors (Lipinski definition) is 0. The van der Waals surface area contributed by atoms with E-state index in [-0.39, 0.29) is 5.13 Å². The van der Waals surface area contributed by atoms with Gasteiger partial charge in [0.05, 0.1) is 4.70 Å². The first-order valence-corrected chi connectivity index (χ1v) is 6.75. The van der Waals surface area contributed by atoms with Crippen LogP contribution in [0.4, 0.5) is 4.39 Å². The highest BCUT2D eigenvalue weighted by Gasteiger charge is 2.06. The smallest absolute Gasteiger partial charge is 0.177 e. The molecule has 0 N–H and O–H groups in total. The largest absolute Gasteiger partial charge is 0.195 e. The first kappa shape index (κ1) is 9.73. The number of hydrogen-bond acceptors (Lipinski definition) is 2. The molecular formula is C9H6FIS2. The summed E-state index contributed by atoms with van der Waals surface area (Å²) in [4.78, 5) is 1.16. The van der Waals surface area contributed by atoms with Gasteiger partial charge < -0.3 is 0 Å². The molecule has 0 fully saturated rings. The molecular weight excluding hydrogens is 318 g/mol. The third-order valence-corrected chi connectivity index (χ3v) is 4.22. The van der Waals surface area contributed by atoms with E-state index in [9.17, 15) is 4.39 Å². The van der Waals surface area contributed by atoms with E-state index in [4.69, 9.17) is 0 Å². The third kappa shape index (κ3) is 1.85. The Morgan fingerprint density at radius 2 is 2.15 bits per heavy atom. The lowest BCUT2D eigenvalue weighted by Gasteiger charge is -1.98. The summed E-state index contributed by atoms with van der Waals surface area (Å²) in [5.41, 5.74) is 0. The molecule has 4 heteroatoms. The molecule has 0 radical (unpaired) electrons. The molecule has 0 saturated carbocycles. The summed E-state index contributed by atoms with van der Waals surface area (Å²) in [6, 6.07) is 5.70. The maximum Gasteiger partial charge on any atom is 0.177 e. The molecule has 0 nitrogen and oxygen atoms in total. The zero-order valence-corrected chi connectivity index (χ0v) is 10.6. The molecule has 0 amide bonds. The number of thiophene rings is 1. The second-order valence-electron chi connectivity index (χ2n) is 2.58. The van der Waals surface area contributed by atoms with Crippen LogP contribution in [0.5, 0.6) is 0 Å². The van der Waals surface area contributed by atoms with Crippen molar-refractivity contribution in [3.05, 3.63) is 26.9 Å². The quantitative estimate of drug-likeness (QED) is 0.555. The SMILES string of the molecule is CSc1cc(I)cc2cc(F)sc12. The Bertz CT molecular complexity index is 450. The van der Waals surface area contributed by atoms with Gasteiger partial charge in [-0.2, -0.15) is 4.39 Å². The van der Waals surface area contributed by atoms with Crippen LogP contribution in [0.15, 0.2) is 23.1 Å². The van der Waals surface area contributed by atoms with Crippen LogP contribution in [0.25, 0.3) is 10.1 Å². The van der Waals surface area contributed by atoms with Crippen LogP contribution >= 0.6 is 45.7 Å². The second-order valence-corrected chi connectivity index (χ2v) is 5.67. The molecule has 0 aliphatic rings. The predicted octanol–water partition coefficient (Wildman–Crippen LogP) is 4.37. The van der Waals surface area contributed by atoms with E-state index in [2.05, 4.69) is 28.7 Å². The van der Waals surface area contributed by atoms with E-state index in [0.29, 0.717) is 0 Å². The summed E-state index contributed by atoms with van der Waals surface area (Å²) < 4.78 is 15.2. The van der Waals surface area contributed by atoms with Gasteiger partial charge in [0.15, 0.2) is 5.13 Å². The number of fused-ring (bicyclic) bond motifs is 1. The summed E-state index contributed by atoms with van der Waals surface area (Å²) in [6.07, 6.45) is 2.02. The topological polar surface area (TPSA) is 0 Å².